The Morgan fingerprint density at radius 1 is 1.10 bits per heavy atom. The van der Waals surface area contributed by atoms with Gasteiger partial charge in [0.05, 0.1) is 18.6 Å². The van der Waals surface area contributed by atoms with E-state index in [4.69, 9.17) is 4.98 Å². The van der Waals surface area contributed by atoms with Gasteiger partial charge in [-0.25, -0.2) is 9.78 Å². The maximum atomic E-state index is 13.7. The van der Waals surface area contributed by atoms with Crippen LogP contribution in [0.1, 0.15) is 29.2 Å². The zero-order valence-electron chi connectivity index (χ0n) is 23.8. The number of anilines is 5. The number of benzene rings is 2. The molecular formula is C31H36N8O2. The Kier molecular flexibility index (Phi) is 7.08. The zero-order valence-corrected chi connectivity index (χ0v) is 23.8. The molecule has 10 heteroatoms. The highest BCUT2D eigenvalue weighted by molar-refractivity contribution is 5.97. The monoisotopic (exact) mass is 552 g/mol. The van der Waals surface area contributed by atoms with Crippen LogP contribution in [0.5, 0.6) is 0 Å². The minimum absolute atomic E-state index is 0.0854. The number of rotatable bonds is 6. The number of nitrogens with zero attached hydrogens (tertiary/aromatic N) is 6. The van der Waals surface area contributed by atoms with Gasteiger partial charge in [0.25, 0.3) is 0 Å². The number of para-hydroxylation sites is 1. The smallest absolute Gasteiger partial charge is 0.326 e. The summed E-state index contributed by atoms with van der Waals surface area (Å²) in [6.07, 6.45) is 3.59. The second-order valence-corrected chi connectivity index (χ2v) is 11.1. The van der Waals surface area contributed by atoms with Gasteiger partial charge in [0.15, 0.2) is 5.78 Å². The van der Waals surface area contributed by atoms with E-state index in [2.05, 4.69) is 51.2 Å². The fourth-order valence-corrected chi connectivity index (χ4v) is 5.96. The molecule has 0 aliphatic carbocycles. The van der Waals surface area contributed by atoms with Gasteiger partial charge in [-0.3, -0.25) is 9.69 Å². The topological polar surface area (TPSA) is 96.9 Å². The fraction of sp³-hybridized carbons (Fsp3) is 0.355. The van der Waals surface area contributed by atoms with Crippen LogP contribution >= 0.6 is 0 Å². The Morgan fingerprint density at radius 3 is 2.59 bits per heavy atom. The van der Waals surface area contributed by atoms with Gasteiger partial charge in [0.1, 0.15) is 5.82 Å². The van der Waals surface area contributed by atoms with Crippen LogP contribution in [0.25, 0.3) is 0 Å². The number of carbonyl (C=O) groups is 2. The molecular weight excluding hydrogens is 516 g/mol. The predicted molar refractivity (Wildman–Crippen MR) is 162 cm³/mol. The number of hydrogen-bond acceptors (Lipinski definition) is 8. The molecule has 2 N–H and O–H groups in total. The van der Waals surface area contributed by atoms with E-state index in [0.717, 1.165) is 54.2 Å². The van der Waals surface area contributed by atoms with Crippen LogP contribution in [0.15, 0.2) is 61.3 Å². The number of piperazine rings is 1. The van der Waals surface area contributed by atoms with Crippen molar-refractivity contribution in [3.05, 3.63) is 78.0 Å². The first-order chi connectivity index (χ1) is 19.8. The number of carbonyl (C=O) groups excluding carboxylic acids is 2. The first-order valence-corrected chi connectivity index (χ1v) is 14.1. The summed E-state index contributed by atoms with van der Waals surface area (Å²) in [5.74, 6) is 0.927. The highest BCUT2D eigenvalue weighted by Crippen LogP contribution is 2.42. The van der Waals surface area contributed by atoms with Crippen molar-refractivity contribution in [3.63, 3.8) is 0 Å². The van der Waals surface area contributed by atoms with E-state index in [1.165, 1.54) is 11.8 Å². The third kappa shape index (κ3) is 5.11. The summed E-state index contributed by atoms with van der Waals surface area (Å²) in [6, 6.07) is 13.4. The van der Waals surface area contributed by atoms with Crippen molar-refractivity contribution < 1.29 is 9.59 Å². The van der Waals surface area contributed by atoms with Gasteiger partial charge >= 0.3 is 6.03 Å². The number of fused-ring (bicyclic) bond motifs is 2. The summed E-state index contributed by atoms with van der Waals surface area (Å²) in [4.78, 5) is 43.8. The molecule has 0 bridgehead atoms. The fourth-order valence-electron chi connectivity index (χ4n) is 5.96. The highest BCUT2D eigenvalue weighted by atomic mass is 16.2. The van der Waals surface area contributed by atoms with E-state index in [9.17, 15) is 9.59 Å². The van der Waals surface area contributed by atoms with Crippen molar-refractivity contribution in [2.45, 2.75) is 32.0 Å². The molecule has 2 atom stereocenters. The van der Waals surface area contributed by atoms with E-state index in [0.29, 0.717) is 24.7 Å². The molecule has 2 aromatic carbocycles. The summed E-state index contributed by atoms with van der Waals surface area (Å²) in [6.45, 7) is 10.2. The predicted octanol–water partition coefficient (Wildman–Crippen LogP) is 4.33. The van der Waals surface area contributed by atoms with E-state index in [-0.39, 0.29) is 17.9 Å². The van der Waals surface area contributed by atoms with Crippen molar-refractivity contribution in [2.24, 2.45) is 0 Å². The Bertz CT molecular complexity index is 1480. The number of likely N-dealkylation sites (N-methyl/N-ethyl adjacent to an activating group) is 1. The molecule has 1 saturated heterocycles. The first kappa shape index (κ1) is 26.8. The van der Waals surface area contributed by atoms with Crippen molar-refractivity contribution in [1.29, 1.82) is 0 Å². The average Bonchev–Trinajstić information content (AvgIpc) is 2.99. The van der Waals surface area contributed by atoms with Gasteiger partial charge < -0.3 is 25.3 Å². The van der Waals surface area contributed by atoms with Crippen molar-refractivity contribution >= 4 is 40.6 Å². The van der Waals surface area contributed by atoms with E-state index < -0.39 is 6.04 Å². The summed E-state index contributed by atoms with van der Waals surface area (Å²) < 4.78 is 0. The van der Waals surface area contributed by atoms with E-state index in [1.54, 1.807) is 18.1 Å². The molecule has 1 unspecified atom stereocenters. The molecule has 2 amide bonds. The summed E-state index contributed by atoms with van der Waals surface area (Å²) in [5, 5.41) is 6.66. The van der Waals surface area contributed by atoms with Crippen molar-refractivity contribution in [1.82, 2.24) is 19.8 Å². The molecule has 4 heterocycles. The zero-order chi connectivity index (χ0) is 28.7. The lowest BCUT2D eigenvalue weighted by Crippen LogP contribution is -2.50. The number of amides is 2. The molecule has 41 heavy (non-hydrogen) atoms. The molecule has 1 aromatic heterocycles. The van der Waals surface area contributed by atoms with Gasteiger partial charge in [-0.05, 0) is 61.9 Å². The maximum absolute atomic E-state index is 13.7. The van der Waals surface area contributed by atoms with Crippen LogP contribution in [-0.2, 0) is 11.3 Å². The SMILES string of the molecule is C=CC(=O)C1C[C@@H](N2Cc3cnc(Nc4ccc(N5CCN(C)CC5)cc4)nc3N(C)C2=O)c2cccc(C)c2N1. The summed E-state index contributed by atoms with van der Waals surface area (Å²) >= 11 is 0. The minimum atomic E-state index is -0.448. The molecule has 3 aliphatic rings. The molecule has 6 rings (SSSR count). The van der Waals surface area contributed by atoms with Gasteiger partial charge in [-0.15, -0.1) is 0 Å². The molecule has 0 spiro atoms. The van der Waals surface area contributed by atoms with Gasteiger partial charge in [-0.1, -0.05) is 24.8 Å². The Labute approximate surface area is 240 Å². The largest absolute Gasteiger partial charge is 0.374 e. The lowest BCUT2D eigenvalue weighted by molar-refractivity contribution is -0.115. The summed E-state index contributed by atoms with van der Waals surface area (Å²) in [7, 11) is 3.89. The third-order valence-electron chi connectivity index (χ3n) is 8.39. The van der Waals surface area contributed by atoms with Crippen LogP contribution in [0.3, 0.4) is 0 Å². The van der Waals surface area contributed by atoms with Crippen LogP contribution < -0.4 is 20.4 Å². The van der Waals surface area contributed by atoms with Gasteiger partial charge in [-0.2, -0.15) is 4.98 Å². The van der Waals surface area contributed by atoms with E-state index >= 15 is 0 Å². The van der Waals surface area contributed by atoms with Crippen LogP contribution in [0.4, 0.5) is 33.6 Å². The molecule has 0 radical (unpaired) electrons. The van der Waals surface area contributed by atoms with Gasteiger partial charge in [0.2, 0.25) is 5.95 Å². The molecule has 212 valence electrons. The molecule has 3 aliphatic heterocycles. The highest BCUT2D eigenvalue weighted by Gasteiger charge is 2.40. The Balaban J connectivity index is 1.22. The molecule has 1 fully saturated rings. The van der Waals surface area contributed by atoms with Crippen LogP contribution in [-0.4, -0.2) is 77.9 Å². The Hall–Kier alpha value is -4.44. The maximum Gasteiger partial charge on any atom is 0.326 e. The number of urea groups is 1. The standard InChI is InChI=1S/C31H36N8O2/c1-5-27(40)25-17-26(24-8-6-7-20(2)28(24)34-25)39-19-21-18-32-30(35-29(21)37(4)31(39)41)33-22-9-11-23(12-10-22)38-15-13-36(3)14-16-38/h5-12,18,25-26,34H,1,13-17,19H2,2-4H3,(H,32,33,35)/t25?,26-/m1/s1. The minimum Gasteiger partial charge on any atom is -0.374 e. The molecule has 3 aromatic rings. The molecule has 10 nitrogen and oxygen atoms in total. The second-order valence-electron chi connectivity index (χ2n) is 11.1. The average molecular weight is 553 g/mol. The number of ketones is 1. The van der Waals surface area contributed by atoms with E-state index in [1.807, 2.05) is 42.2 Å². The van der Waals surface area contributed by atoms with Crippen molar-refractivity contribution in [3.8, 4) is 0 Å². The lowest BCUT2D eigenvalue weighted by atomic mass is 9.88. The second kappa shape index (κ2) is 10.9. The first-order valence-electron chi connectivity index (χ1n) is 14.1. The van der Waals surface area contributed by atoms with Crippen LogP contribution in [0, 0.1) is 6.92 Å². The van der Waals surface area contributed by atoms with Gasteiger partial charge in [0, 0.05) is 62.0 Å². The van der Waals surface area contributed by atoms with Crippen LogP contribution in [0.2, 0.25) is 0 Å². The Morgan fingerprint density at radius 2 is 1.85 bits per heavy atom. The molecule has 0 saturated carbocycles. The van der Waals surface area contributed by atoms with Crippen molar-refractivity contribution in [2.75, 3.05) is 60.7 Å². The third-order valence-corrected chi connectivity index (χ3v) is 8.39. The lowest BCUT2D eigenvalue weighted by Gasteiger charge is -2.43. The number of nitrogens with one attached hydrogen (secondary N) is 2. The number of aryl methyl sites for hydroxylation is 1. The number of aromatic nitrogens is 2. The summed E-state index contributed by atoms with van der Waals surface area (Å²) in [5.41, 5.74) is 5.87. The number of hydrogen-bond donors (Lipinski definition) is 2. The normalized spacial score (nSPS) is 20.7. The quantitative estimate of drug-likeness (QED) is 0.436.